The maximum atomic E-state index is 13.6. The zero-order valence-corrected chi connectivity index (χ0v) is 19.4. The third-order valence-electron chi connectivity index (χ3n) is 5.79. The topological polar surface area (TPSA) is 82.1 Å². The number of ether oxygens (including phenoxy) is 3. The third-order valence-corrected chi connectivity index (χ3v) is 5.79. The summed E-state index contributed by atoms with van der Waals surface area (Å²) in [5.41, 5.74) is 2.28. The van der Waals surface area contributed by atoms with Gasteiger partial charge in [0.1, 0.15) is 18.7 Å². The normalized spacial score (nSPS) is 19.5. The van der Waals surface area contributed by atoms with Crippen LogP contribution in [-0.4, -0.2) is 35.6 Å². The van der Waals surface area contributed by atoms with Crippen molar-refractivity contribution in [3.8, 4) is 0 Å². The summed E-state index contributed by atoms with van der Waals surface area (Å²) in [4.78, 5) is 40.5. The van der Waals surface area contributed by atoms with Crippen molar-refractivity contribution in [1.82, 2.24) is 4.90 Å². The molecule has 0 spiro atoms. The van der Waals surface area contributed by atoms with Gasteiger partial charge in [0.05, 0.1) is 13.0 Å². The molecule has 0 aromatic heterocycles. The number of amides is 1. The number of morpholine rings is 1. The Morgan fingerprint density at radius 1 is 0.829 bits per heavy atom. The molecular weight excluding hydrogens is 446 g/mol. The molecule has 1 aliphatic rings. The minimum Gasteiger partial charge on any atom is -0.466 e. The summed E-state index contributed by atoms with van der Waals surface area (Å²) < 4.78 is 16.6. The molecular formula is C28H27NO6. The summed E-state index contributed by atoms with van der Waals surface area (Å²) in [6, 6.07) is 25.9. The fraction of sp³-hybridized carbons (Fsp3) is 0.250. The van der Waals surface area contributed by atoms with Crippen molar-refractivity contribution in [2.45, 2.75) is 38.1 Å². The van der Waals surface area contributed by atoms with E-state index >= 15 is 0 Å². The standard InChI is InChI=1S/C28H27NO6/c1-2-33-24(30)18-23-27(31)35-26(22-16-10-5-11-17-22)25(21-14-8-4-9-15-21)29(23)28(32)34-19-20-12-6-3-7-13-20/h3-17,23,25-26H,2,18-19H2,1H3/t23-,25+,26-/m1/s1. The number of benzene rings is 3. The fourth-order valence-electron chi connectivity index (χ4n) is 4.19. The van der Waals surface area contributed by atoms with Crippen molar-refractivity contribution < 1.29 is 28.6 Å². The highest BCUT2D eigenvalue weighted by Crippen LogP contribution is 2.43. The van der Waals surface area contributed by atoms with E-state index in [1.807, 2.05) is 91.0 Å². The molecule has 0 radical (unpaired) electrons. The third kappa shape index (κ3) is 5.69. The lowest BCUT2D eigenvalue weighted by atomic mass is 9.90. The van der Waals surface area contributed by atoms with Crippen LogP contribution >= 0.6 is 0 Å². The predicted octanol–water partition coefficient (Wildman–Crippen LogP) is 4.99. The fourth-order valence-corrected chi connectivity index (χ4v) is 4.19. The molecule has 180 valence electrons. The molecule has 0 bridgehead atoms. The van der Waals surface area contributed by atoms with E-state index in [1.165, 1.54) is 4.90 Å². The second-order valence-electron chi connectivity index (χ2n) is 8.10. The average molecular weight is 474 g/mol. The summed E-state index contributed by atoms with van der Waals surface area (Å²) in [7, 11) is 0. The zero-order chi connectivity index (χ0) is 24.6. The van der Waals surface area contributed by atoms with Gasteiger partial charge in [-0.05, 0) is 23.6 Å². The Hall–Kier alpha value is -4.13. The highest BCUT2D eigenvalue weighted by molar-refractivity contribution is 5.87. The molecule has 0 unspecified atom stereocenters. The largest absolute Gasteiger partial charge is 0.466 e. The molecule has 3 aromatic rings. The van der Waals surface area contributed by atoms with Crippen LogP contribution in [0.1, 0.15) is 42.2 Å². The van der Waals surface area contributed by atoms with E-state index in [9.17, 15) is 14.4 Å². The maximum Gasteiger partial charge on any atom is 0.411 e. The molecule has 0 N–H and O–H groups in total. The first-order valence-electron chi connectivity index (χ1n) is 11.5. The Morgan fingerprint density at radius 2 is 1.40 bits per heavy atom. The summed E-state index contributed by atoms with van der Waals surface area (Å²) in [5.74, 6) is -1.28. The minimum absolute atomic E-state index is 0.0227. The lowest BCUT2D eigenvalue weighted by molar-refractivity contribution is -0.176. The zero-order valence-electron chi connectivity index (χ0n) is 19.4. The average Bonchev–Trinajstić information content (AvgIpc) is 2.90. The number of hydrogen-bond acceptors (Lipinski definition) is 6. The molecule has 1 fully saturated rings. The lowest BCUT2D eigenvalue weighted by Crippen LogP contribution is -2.55. The molecule has 7 heteroatoms. The van der Waals surface area contributed by atoms with Crippen LogP contribution < -0.4 is 0 Å². The SMILES string of the molecule is CCOC(=O)C[C@@H]1C(=O)O[C@H](c2ccccc2)[C@H](c2ccccc2)N1C(=O)OCc1ccccc1. The van der Waals surface area contributed by atoms with E-state index in [4.69, 9.17) is 14.2 Å². The Morgan fingerprint density at radius 3 is 2.00 bits per heavy atom. The second-order valence-corrected chi connectivity index (χ2v) is 8.10. The summed E-state index contributed by atoms with van der Waals surface area (Å²) in [6.07, 6.45) is -1.83. The Bertz CT molecular complexity index is 1140. The van der Waals surface area contributed by atoms with Crippen molar-refractivity contribution in [1.29, 1.82) is 0 Å². The van der Waals surface area contributed by atoms with Gasteiger partial charge in [-0.2, -0.15) is 0 Å². The van der Waals surface area contributed by atoms with Crippen LogP contribution in [-0.2, 0) is 30.4 Å². The number of carbonyl (C=O) groups is 3. The summed E-state index contributed by atoms with van der Waals surface area (Å²) >= 11 is 0. The molecule has 1 heterocycles. The highest BCUT2D eigenvalue weighted by Gasteiger charge is 2.49. The summed E-state index contributed by atoms with van der Waals surface area (Å²) in [6.45, 7) is 1.86. The summed E-state index contributed by atoms with van der Waals surface area (Å²) in [5, 5.41) is 0. The molecule has 3 aromatic carbocycles. The van der Waals surface area contributed by atoms with Gasteiger partial charge in [-0.3, -0.25) is 9.69 Å². The Kier molecular flexibility index (Phi) is 7.77. The molecule has 7 nitrogen and oxygen atoms in total. The molecule has 0 saturated carbocycles. The van der Waals surface area contributed by atoms with Gasteiger partial charge in [-0.25, -0.2) is 9.59 Å². The van der Waals surface area contributed by atoms with Crippen LogP contribution in [0.4, 0.5) is 4.79 Å². The van der Waals surface area contributed by atoms with Gasteiger partial charge < -0.3 is 14.2 Å². The maximum absolute atomic E-state index is 13.6. The first kappa shape index (κ1) is 24.0. The van der Waals surface area contributed by atoms with Crippen LogP contribution in [0.5, 0.6) is 0 Å². The molecule has 0 aliphatic carbocycles. The molecule has 1 amide bonds. The highest BCUT2D eigenvalue weighted by atomic mass is 16.6. The van der Waals surface area contributed by atoms with Gasteiger partial charge in [-0.15, -0.1) is 0 Å². The van der Waals surface area contributed by atoms with E-state index in [-0.39, 0.29) is 19.6 Å². The van der Waals surface area contributed by atoms with Gasteiger partial charge in [-0.1, -0.05) is 91.0 Å². The molecule has 1 aliphatic heterocycles. The molecule has 1 saturated heterocycles. The van der Waals surface area contributed by atoms with Gasteiger partial charge >= 0.3 is 18.0 Å². The van der Waals surface area contributed by atoms with Crippen LogP contribution in [0.15, 0.2) is 91.0 Å². The number of hydrogen-bond donors (Lipinski definition) is 0. The van der Waals surface area contributed by atoms with Crippen LogP contribution in [0.3, 0.4) is 0 Å². The van der Waals surface area contributed by atoms with E-state index in [2.05, 4.69) is 0 Å². The smallest absolute Gasteiger partial charge is 0.411 e. The first-order chi connectivity index (χ1) is 17.1. The Labute approximate surface area is 204 Å². The van der Waals surface area contributed by atoms with Gasteiger partial charge in [0, 0.05) is 0 Å². The van der Waals surface area contributed by atoms with Crippen molar-refractivity contribution in [2.24, 2.45) is 0 Å². The van der Waals surface area contributed by atoms with E-state index in [0.717, 1.165) is 16.7 Å². The second kappa shape index (κ2) is 11.3. The van der Waals surface area contributed by atoms with Crippen LogP contribution in [0.25, 0.3) is 0 Å². The molecule has 4 rings (SSSR count). The van der Waals surface area contributed by atoms with E-state index in [0.29, 0.717) is 0 Å². The van der Waals surface area contributed by atoms with Crippen molar-refractivity contribution in [3.05, 3.63) is 108 Å². The van der Waals surface area contributed by atoms with Gasteiger partial charge in [0.25, 0.3) is 0 Å². The predicted molar refractivity (Wildman–Crippen MR) is 128 cm³/mol. The number of cyclic esters (lactones) is 1. The Balaban J connectivity index is 1.74. The van der Waals surface area contributed by atoms with Gasteiger partial charge in [0.2, 0.25) is 0 Å². The van der Waals surface area contributed by atoms with Crippen LogP contribution in [0, 0.1) is 0 Å². The van der Waals surface area contributed by atoms with Crippen molar-refractivity contribution in [2.75, 3.05) is 6.61 Å². The van der Waals surface area contributed by atoms with E-state index in [1.54, 1.807) is 6.92 Å². The van der Waals surface area contributed by atoms with Crippen LogP contribution in [0.2, 0.25) is 0 Å². The number of rotatable bonds is 7. The molecule has 3 atom stereocenters. The number of carbonyl (C=O) groups excluding carboxylic acids is 3. The number of nitrogens with zero attached hydrogens (tertiary/aromatic N) is 1. The van der Waals surface area contributed by atoms with Crippen molar-refractivity contribution >= 4 is 18.0 Å². The van der Waals surface area contributed by atoms with E-state index < -0.39 is 36.2 Å². The first-order valence-corrected chi connectivity index (χ1v) is 11.5. The quantitative estimate of drug-likeness (QED) is 0.355. The molecule has 35 heavy (non-hydrogen) atoms. The monoisotopic (exact) mass is 473 g/mol. The van der Waals surface area contributed by atoms with Crippen molar-refractivity contribution in [3.63, 3.8) is 0 Å². The number of esters is 2. The minimum atomic E-state index is -1.19. The van der Waals surface area contributed by atoms with Gasteiger partial charge in [0.15, 0.2) is 6.10 Å². The lowest BCUT2D eigenvalue weighted by Gasteiger charge is -2.44.